The van der Waals surface area contributed by atoms with Gasteiger partial charge in [-0.25, -0.2) is 0 Å². The van der Waals surface area contributed by atoms with E-state index in [2.05, 4.69) is 5.32 Å². The first kappa shape index (κ1) is 13.1. The van der Waals surface area contributed by atoms with E-state index in [1.165, 1.54) is 4.90 Å². The monoisotopic (exact) mass is 276 g/mol. The average molecular weight is 276 g/mol. The minimum Gasteiger partial charge on any atom is -0.367 e. The summed E-state index contributed by atoms with van der Waals surface area (Å²) in [5, 5.41) is 13.6. The van der Waals surface area contributed by atoms with Crippen LogP contribution in [0.4, 0.5) is 0 Å². The maximum Gasteiger partial charge on any atom is 0.257 e. The average Bonchev–Trinajstić information content (AvgIpc) is 2.58. The molecule has 1 aromatic rings. The van der Waals surface area contributed by atoms with Gasteiger partial charge in [0.25, 0.3) is 5.91 Å². The first-order valence-corrected chi connectivity index (χ1v) is 6.97. The fraction of sp³-hybridized carbons (Fsp3) is 0.467. The molecule has 2 amide bonds. The van der Waals surface area contributed by atoms with Crippen LogP contribution < -0.4 is 5.32 Å². The van der Waals surface area contributed by atoms with Crippen LogP contribution in [0.25, 0.3) is 0 Å². The number of rotatable bonds is 1. The highest BCUT2D eigenvalue weighted by Gasteiger charge is 2.49. The Balaban J connectivity index is 0.00000161. The molecule has 2 N–H and O–H groups in total. The molecule has 2 aliphatic heterocycles. The largest absolute Gasteiger partial charge is 0.367 e. The van der Waals surface area contributed by atoms with Crippen molar-refractivity contribution in [2.45, 2.75) is 38.0 Å². The Morgan fingerprint density at radius 3 is 2.85 bits per heavy atom. The van der Waals surface area contributed by atoms with Crippen molar-refractivity contribution >= 4 is 11.8 Å². The molecular weight excluding hydrogens is 256 g/mol. The second kappa shape index (κ2) is 4.59. The molecule has 0 bridgehead atoms. The van der Waals surface area contributed by atoms with E-state index in [0.29, 0.717) is 24.1 Å². The summed E-state index contributed by atoms with van der Waals surface area (Å²) in [5.74, 6) is -0.448. The van der Waals surface area contributed by atoms with E-state index in [1.54, 1.807) is 31.2 Å². The van der Waals surface area contributed by atoms with Gasteiger partial charge < -0.3 is 10.4 Å². The molecule has 1 aromatic carbocycles. The fourth-order valence-corrected chi connectivity index (χ4v) is 3.15. The molecule has 0 spiro atoms. The van der Waals surface area contributed by atoms with Gasteiger partial charge in [-0.1, -0.05) is 18.2 Å². The van der Waals surface area contributed by atoms with Crippen molar-refractivity contribution in [1.29, 1.82) is 0 Å². The molecule has 2 aliphatic rings. The molecule has 5 heteroatoms. The summed E-state index contributed by atoms with van der Waals surface area (Å²) in [6.45, 7) is 2.21. The summed E-state index contributed by atoms with van der Waals surface area (Å²) < 4.78 is 0. The molecular formula is C15H20N2O3. The number of aliphatic hydroxyl groups is 1. The van der Waals surface area contributed by atoms with Gasteiger partial charge in [-0.2, -0.15) is 0 Å². The van der Waals surface area contributed by atoms with E-state index >= 15 is 0 Å². The zero-order valence-electron chi connectivity index (χ0n) is 11.4. The minimum atomic E-state index is -1.43. The smallest absolute Gasteiger partial charge is 0.257 e. The summed E-state index contributed by atoms with van der Waals surface area (Å²) in [6.07, 6.45) is 2.35. The number of hydrogen-bond donors (Lipinski definition) is 2. The standard InChI is InChI=1S/C15H18N2O3.H2/c1-15(20)11-7-3-2-6-10(11)14(19)17(15)12-8-4-5-9-16-13(12)18;/h2-3,6-7,12,20H,4-5,8-9H2,1H3,(H,16,18);1H/t12-,15?;/m0./s1. The Hall–Kier alpha value is -1.88. The maximum atomic E-state index is 12.6. The molecule has 0 radical (unpaired) electrons. The lowest BCUT2D eigenvalue weighted by Gasteiger charge is -2.36. The van der Waals surface area contributed by atoms with Gasteiger partial charge in [-0.05, 0) is 32.3 Å². The van der Waals surface area contributed by atoms with Gasteiger partial charge >= 0.3 is 0 Å². The predicted molar refractivity (Wildman–Crippen MR) is 74.9 cm³/mol. The summed E-state index contributed by atoms with van der Waals surface area (Å²) >= 11 is 0. The molecule has 108 valence electrons. The zero-order chi connectivity index (χ0) is 14.3. The quantitative estimate of drug-likeness (QED) is 0.810. The van der Waals surface area contributed by atoms with Gasteiger partial charge in [-0.3, -0.25) is 14.5 Å². The van der Waals surface area contributed by atoms with Crippen LogP contribution in [-0.2, 0) is 10.5 Å². The molecule has 5 nitrogen and oxygen atoms in total. The highest BCUT2D eigenvalue weighted by Crippen LogP contribution is 2.39. The molecule has 1 saturated heterocycles. The molecule has 3 rings (SSSR count). The van der Waals surface area contributed by atoms with Crippen molar-refractivity contribution in [3.63, 3.8) is 0 Å². The van der Waals surface area contributed by atoms with Crippen LogP contribution >= 0.6 is 0 Å². The number of carbonyl (C=O) groups excluding carboxylic acids is 2. The van der Waals surface area contributed by atoms with Crippen LogP contribution in [-0.4, -0.2) is 34.4 Å². The van der Waals surface area contributed by atoms with Crippen molar-refractivity contribution in [2.24, 2.45) is 0 Å². The Labute approximate surface area is 119 Å². The van der Waals surface area contributed by atoms with Gasteiger partial charge in [0.2, 0.25) is 5.91 Å². The van der Waals surface area contributed by atoms with Crippen molar-refractivity contribution in [2.75, 3.05) is 6.54 Å². The lowest BCUT2D eigenvalue weighted by molar-refractivity contribution is -0.137. The number of nitrogens with zero attached hydrogens (tertiary/aromatic N) is 1. The van der Waals surface area contributed by atoms with E-state index in [1.807, 2.05) is 0 Å². The Morgan fingerprint density at radius 2 is 2.10 bits per heavy atom. The van der Waals surface area contributed by atoms with Crippen LogP contribution in [0.3, 0.4) is 0 Å². The number of benzene rings is 1. The summed E-state index contributed by atoms with van der Waals surface area (Å²) in [5.41, 5.74) is -0.378. The second-order valence-electron chi connectivity index (χ2n) is 5.54. The van der Waals surface area contributed by atoms with Gasteiger partial charge in [-0.15, -0.1) is 0 Å². The lowest BCUT2D eigenvalue weighted by Crippen LogP contribution is -2.53. The molecule has 0 aliphatic carbocycles. The Kier molecular flexibility index (Phi) is 3.01. The van der Waals surface area contributed by atoms with E-state index < -0.39 is 11.8 Å². The summed E-state index contributed by atoms with van der Waals surface area (Å²) in [4.78, 5) is 26.1. The molecule has 2 heterocycles. The van der Waals surface area contributed by atoms with Crippen molar-refractivity contribution in [3.05, 3.63) is 35.4 Å². The maximum absolute atomic E-state index is 12.6. The third kappa shape index (κ3) is 1.81. The highest BCUT2D eigenvalue weighted by atomic mass is 16.3. The van der Waals surface area contributed by atoms with Crippen LogP contribution in [0, 0.1) is 0 Å². The van der Waals surface area contributed by atoms with Gasteiger partial charge in [0.1, 0.15) is 6.04 Å². The van der Waals surface area contributed by atoms with Crippen molar-refractivity contribution in [1.82, 2.24) is 10.2 Å². The van der Waals surface area contributed by atoms with Gasteiger partial charge in [0.05, 0.1) is 0 Å². The number of nitrogens with one attached hydrogen (secondary N) is 1. The van der Waals surface area contributed by atoms with Gasteiger partial charge in [0, 0.05) is 19.1 Å². The number of amides is 2. The molecule has 0 saturated carbocycles. The molecule has 20 heavy (non-hydrogen) atoms. The molecule has 0 aromatic heterocycles. The first-order valence-electron chi connectivity index (χ1n) is 6.97. The predicted octanol–water partition coefficient (Wildman–Crippen LogP) is 1.22. The van der Waals surface area contributed by atoms with Crippen LogP contribution in [0.1, 0.15) is 43.5 Å². The third-order valence-electron chi connectivity index (χ3n) is 4.17. The van der Waals surface area contributed by atoms with Crippen molar-refractivity contribution in [3.8, 4) is 0 Å². The lowest BCUT2D eigenvalue weighted by atomic mass is 10.0. The van der Waals surface area contributed by atoms with Gasteiger partial charge in [0.15, 0.2) is 5.72 Å². The van der Waals surface area contributed by atoms with Crippen LogP contribution in [0.15, 0.2) is 24.3 Å². The zero-order valence-corrected chi connectivity index (χ0v) is 11.4. The molecule has 2 atom stereocenters. The number of carbonyl (C=O) groups is 2. The summed E-state index contributed by atoms with van der Waals surface area (Å²) in [7, 11) is 0. The topological polar surface area (TPSA) is 69.6 Å². The minimum absolute atomic E-state index is 0. The van der Waals surface area contributed by atoms with Crippen molar-refractivity contribution < 1.29 is 16.1 Å². The van der Waals surface area contributed by atoms with E-state index in [4.69, 9.17) is 0 Å². The number of hydrogen-bond acceptors (Lipinski definition) is 3. The molecule has 1 fully saturated rings. The number of fused-ring (bicyclic) bond motifs is 1. The first-order chi connectivity index (χ1) is 9.53. The van der Waals surface area contributed by atoms with Crippen LogP contribution in [0.2, 0.25) is 0 Å². The van der Waals surface area contributed by atoms with E-state index in [0.717, 1.165) is 12.8 Å². The molecule has 1 unspecified atom stereocenters. The third-order valence-corrected chi connectivity index (χ3v) is 4.17. The van der Waals surface area contributed by atoms with E-state index in [-0.39, 0.29) is 13.2 Å². The normalized spacial score (nSPS) is 29.9. The second-order valence-corrected chi connectivity index (χ2v) is 5.54. The van der Waals surface area contributed by atoms with Crippen LogP contribution in [0.5, 0.6) is 0 Å². The highest BCUT2D eigenvalue weighted by molar-refractivity contribution is 6.02. The SMILES string of the molecule is CC1(O)c2ccccc2C(=O)N1[C@H]1CCCCNC1=O.[HH]. The fourth-order valence-electron chi connectivity index (χ4n) is 3.15. The summed E-state index contributed by atoms with van der Waals surface area (Å²) in [6, 6.07) is 6.39. The van der Waals surface area contributed by atoms with E-state index in [9.17, 15) is 14.7 Å². The Bertz CT molecular complexity index is 574. The Morgan fingerprint density at radius 1 is 1.35 bits per heavy atom.